The maximum atomic E-state index is 4.82. The van der Waals surface area contributed by atoms with E-state index in [0.717, 1.165) is 19.6 Å². The van der Waals surface area contributed by atoms with E-state index in [0.29, 0.717) is 6.04 Å². The lowest BCUT2D eigenvalue weighted by Gasteiger charge is -2.23. The summed E-state index contributed by atoms with van der Waals surface area (Å²) in [7, 11) is 2.04. The summed E-state index contributed by atoms with van der Waals surface area (Å²) in [5.41, 5.74) is 2.49. The van der Waals surface area contributed by atoms with Gasteiger partial charge >= 0.3 is 0 Å². The Bertz CT molecular complexity index is 575. The number of hydrogen-bond donors (Lipinski definition) is 1. The van der Waals surface area contributed by atoms with E-state index in [9.17, 15) is 0 Å². The van der Waals surface area contributed by atoms with Gasteiger partial charge in [-0.25, -0.2) is 0 Å². The summed E-state index contributed by atoms with van der Waals surface area (Å²) in [5.74, 6) is 0. The normalized spacial score (nSPS) is 20.0. The SMILES string of the molecule is CCn1nc(CN2CCCC2CNC)c2ccccc21. The third kappa shape index (κ3) is 2.45. The summed E-state index contributed by atoms with van der Waals surface area (Å²) < 4.78 is 2.12. The van der Waals surface area contributed by atoms with Crippen molar-refractivity contribution in [2.24, 2.45) is 0 Å². The van der Waals surface area contributed by atoms with Gasteiger partial charge in [-0.1, -0.05) is 18.2 Å². The molecule has 0 bridgehead atoms. The zero-order valence-corrected chi connectivity index (χ0v) is 12.5. The third-order valence-electron chi connectivity index (χ3n) is 4.33. The number of fused-ring (bicyclic) bond motifs is 1. The number of likely N-dealkylation sites (N-methyl/N-ethyl adjacent to an activating group) is 1. The number of nitrogens with one attached hydrogen (secondary N) is 1. The lowest BCUT2D eigenvalue weighted by Crippen LogP contribution is -2.36. The van der Waals surface area contributed by atoms with E-state index in [-0.39, 0.29) is 0 Å². The zero-order chi connectivity index (χ0) is 13.9. The Hall–Kier alpha value is -1.39. The molecule has 20 heavy (non-hydrogen) atoms. The average molecular weight is 272 g/mol. The fraction of sp³-hybridized carbons (Fsp3) is 0.562. The van der Waals surface area contributed by atoms with Crippen LogP contribution in [0.4, 0.5) is 0 Å². The Kier molecular flexibility index (Phi) is 4.03. The minimum Gasteiger partial charge on any atom is -0.318 e. The van der Waals surface area contributed by atoms with Crippen molar-refractivity contribution in [2.45, 2.75) is 38.9 Å². The number of benzene rings is 1. The Morgan fingerprint density at radius 2 is 2.20 bits per heavy atom. The molecule has 3 rings (SSSR count). The molecule has 1 aliphatic rings. The minimum absolute atomic E-state index is 0.658. The van der Waals surface area contributed by atoms with E-state index < -0.39 is 0 Å². The molecule has 0 spiro atoms. The van der Waals surface area contributed by atoms with Crippen LogP contribution in [0.1, 0.15) is 25.5 Å². The first-order chi connectivity index (χ1) is 9.83. The molecule has 0 amide bonds. The second-order valence-corrected chi connectivity index (χ2v) is 5.60. The maximum Gasteiger partial charge on any atom is 0.0843 e. The molecule has 1 aromatic carbocycles. The molecule has 2 aromatic rings. The number of para-hydroxylation sites is 1. The van der Waals surface area contributed by atoms with Crippen LogP contribution >= 0.6 is 0 Å². The van der Waals surface area contributed by atoms with Crippen molar-refractivity contribution in [3.63, 3.8) is 0 Å². The van der Waals surface area contributed by atoms with Crippen LogP contribution in [0.15, 0.2) is 24.3 Å². The van der Waals surface area contributed by atoms with Crippen LogP contribution < -0.4 is 5.32 Å². The van der Waals surface area contributed by atoms with E-state index in [1.54, 1.807) is 0 Å². The van der Waals surface area contributed by atoms with Crippen molar-refractivity contribution in [1.29, 1.82) is 0 Å². The molecule has 4 nitrogen and oxygen atoms in total. The fourth-order valence-electron chi connectivity index (χ4n) is 3.32. The molecule has 0 saturated carbocycles. The molecule has 1 unspecified atom stereocenters. The molecule has 1 saturated heterocycles. The second kappa shape index (κ2) is 5.94. The van der Waals surface area contributed by atoms with E-state index in [4.69, 9.17) is 5.10 Å². The predicted octanol–water partition coefficient (Wildman–Crippen LogP) is 2.24. The number of nitrogens with zero attached hydrogens (tertiary/aromatic N) is 3. The summed E-state index contributed by atoms with van der Waals surface area (Å²) in [5, 5.41) is 9.44. The van der Waals surface area contributed by atoms with Crippen molar-refractivity contribution < 1.29 is 0 Å². The summed E-state index contributed by atoms with van der Waals surface area (Å²) in [4.78, 5) is 2.57. The van der Waals surface area contributed by atoms with Crippen LogP contribution in [-0.2, 0) is 13.1 Å². The highest BCUT2D eigenvalue weighted by Gasteiger charge is 2.25. The monoisotopic (exact) mass is 272 g/mol. The van der Waals surface area contributed by atoms with Crippen LogP contribution in [0, 0.1) is 0 Å². The molecule has 4 heteroatoms. The van der Waals surface area contributed by atoms with Gasteiger partial charge in [-0.3, -0.25) is 9.58 Å². The van der Waals surface area contributed by atoms with Crippen LogP contribution in [0.25, 0.3) is 10.9 Å². The molecular formula is C16H24N4. The Labute approximate surface area is 120 Å². The highest BCUT2D eigenvalue weighted by atomic mass is 15.3. The quantitative estimate of drug-likeness (QED) is 0.906. The van der Waals surface area contributed by atoms with Gasteiger partial charge in [0.1, 0.15) is 0 Å². The number of likely N-dealkylation sites (tertiary alicyclic amines) is 1. The molecule has 108 valence electrons. The number of aromatic nitrogens is 2. The average Bonchev–Trinajstić information content (AvgIpc) is 3.05. The molecule has 1 aromatic heterocycles. The molecule has 1 aliphatic heterocycles. The molecule has 1 atom stereocenters. The molecule has 1 fully saturated rings. The van der Waals surface area contributed by atoms with E-state index in [1.807, 2.05) is 7.05 Å². The highest BCUT2D eigenvalue weighted by Crippen LogP contribution is 2.24. The summed E-state index contributed by atoms with van der Waals surface area (Å²) in [6.07, 6.45) is 2.60. The molecule has 1 N–H and O–H groups in total. The molecule has 2 heterocycles. The Morgan fingerprint density at radius 1 is 1.35 bits per heavy atom. The fourth-order valence-corrected chi connectivity index (χ4v) is 3.32. The topological polar surface area (TPSA) is 33.1 Å². The standard InChI is InChI=1S/C16H24N4/c1-3-20-16-9-5-4-8-14(16)15(18-20)12-19-10-6-7-13(19)11-17-2/h4-5,8-9,13,17H,3,6-7,10-12H2,1-2H3. The van der Waals surface area contributed by atoms with Crippen molar-refractivity contribution in [1.82, 2.24) is 20.0 Å². The number of aryl methyl sites for hydroxylation is 1. The van der Waals surface area contributed by atoms with E-state index in [2.05, 4.69) is 46.1 Å². The molecule has 0 aliphatic carbocycles. The van der Waals surface area contributed by atoms with Crippen molar-refractivity contribution in [2.75, 3.05) is 20.1 Å². The first-order valence-corrected chi connectivity index (χ1v) is 7.66. The van der Waals surface area contributed by atoms with Gasteiger partial charge < -0.3 is 5.32 Å². The largest absolute Gasteiger partial charge is 0.318 e. The van der Waals surface area contributed by atoms with Crippen LogP contribution in [0.3, 0.4) is 0 Å². The second-order valence-electron chi connectivity index (χ2n) is 5.60. The van der Waals surface area contributed by atoms with E-state index in [1.165, 1.54) is 36.0 Å². The van der Waals surface area contributed by atoms with E-state index >= 15 is 0 Å². The van der Waals surface area contributed by atoms with Gasteiger partial charge in [-0.15, -0.1) is 0 Å². The van der Waals surface area contributed by atoms with Gasteiger partial charge in [0.15, 0.2) is 0 Å². The number of rotatable bonds is 5. The first-order valence-electron chi connectivity index (χ1n) is 7.66. The predicted molar refractivity (Wildman–Crippen MR) is 82.8 cm³/mol. The maximum absolute atomic E-state index is 4.82. The minimum atomic E-state index is 0.658. The van der Waals surface area contributed by atoms with Gasteiger partial charge in [0.25, 0.3) is 0 Å². The van der Waals surface area contributed by atoms with Gasteiger partial charge in [0.2, 0.25) is 0 Å². The molecular weight excluding hydrogens is 248 g/mol. The van der Waals surface area contributed by atoms with Gasteiger partial charge in [-0.05, 0) is 39.4 Å². The number of hydrogen-bond acceptors (Lipinski definition) is 3. The van der Waals surface area contributed by atoms with Gasteiger partial charge in [-0.2, -0.15) is 5.10 Å². The van der Waals surface area contributed by atoms with Crippen LogP contribution in [-0.4, -0.2) is 40.9 Å². The van der Waals surface area contributed by atoms with Gasteiger partial charge in [0.05, 0.1) is 11.2 Å². The summed E-state index contributed by atoms with van der Waals surface area (Å²) in [6.45, 7) is 6.33. The van der Waals surface area contributed by atoms with Crippen molar-refractivity contribution in [3.8, 4) is 0 Å². The summed E-state index contributed by atoms with van der Waals surface area (Å²) >= 11 is 0. The Balaban J connectivity index is 1.87. The summed E-state index contributed by atoms with van der Waals surface area (Å²) in [6, 6.07) is 9.24. The van der Waals surface area contributed by atoms with Crippen LogP contribution in [0.5, 0.6) is 0 Å². The highest BCUT2D eigenvalue weighted by molar-refractivity contribution is 5.81. The van der Waals surface area contributed by atoms with Crippen molar-refractivity contribution in [3.05, 3.63) is 30.0 Å². The van der Waals surface area contributed by atoms with Crippen molar-refractivity contribution >= 4 is 10.9 Å². The zero-order valence-electron chi connectivity index (χ0n) is 12.5. The van der Waals surface area contributed by atoms with Crippen LogP contribution in [0.2, 0.25) is 0 Å². The Morgan fingerprint density at radius 3 is 3.00 bits per heavy atom. The smallest absolute Gasteiger partial charge is 0.0843 e. The lowest BCUT2D eigenvalue weighted by atomic mass is 10.2. The lowest BCUT2D eigenvalue weighted by molar-refractivity contribution is 0.239. The molecule has 0 radical (unpaired) electrons. The third-order valence-corrected chi connectivity index (χ3v) is 4.33. The first kappa shape index (κ1) is 13.6. The van der Waals surface area contributed by atoms with Gasteiger partial charge in [0, 0.05) is 31.1 Å².